The van der Waals surface area contributed by atoms with Gasteiger partial charge < -0.3 is 9.64 Å². The van der Waals surface area contributed by atoms with Crippen LogP contribution in [0.5, 0.6) is 0 Å². The van der Waals surface area contributed by atoms with Crippen molar-refractivity contribution in [1.29, 1.82) is 0 Å². The molecule has 31 heavy (non-hydrogen) atoms. The van der Waals surface area contributed by atoms with Crippen molar-refractivity contribution in [2.24, 2.45) is 5.92 Å². The predicted molar refractivity (Wildman–Crippen MR) is 119 cm³/mol. The number of ether oxygens (including phenoxy) is 1. The van der Waals surface area contributed by atoms with Crippen LogP contribution >= 0.6 is 23.2 Å². The first-order valence-electron chi connectivity index (χ1n) is 9.56. The van der Waals surface area contributed by atoms with Crippen LogP contribution in [0.1, 0.15) is 23.2 Å². The number of carbonyl (C=O) groups is 2. The van der Waals surface area contributed by atoms with Gasteiger partial charge >= 0.3 is 5.97 Å². The van der Waals surface area contributed by atoms with E-state index in [4.69, 9.17) is 27.9 Å². The number of amides is 1. The van der Waals surface area contributed by atoms with Crippen LogP contribution in [0.3, 0.4) is 0 Å². The van der Waals surface area contributed by atoms with Gasteiger partial charge in [0.05, 0.1) is 23.7 Å². The normalized spacial score (nSPS) is 14.9. The van der Waals surface area contributed by atoms with Crippen molar-refractivity contribution < 1.29 is 22.7 Å². The molecule has 0 N–H and O–H groups in total. The summed E-state index contributed by atoms with van der Waals surface area (Å²) in [7, 11) is -1.27. The Balaban J connectivity index is 1.83. The van der Waals surface area contributed by atoms with E-state index in [1.54, 1.807) is 29.2 Å². The minimum absolute atomic E-state index is 0.0155. The summed E-state index contributed by atoms with van der Waals surface area (Å²) in [6.45, 7) is 0.766. The summed E-state index contributed by atoms with van der Waals surface area (Å²) >= 11 is 12.1. The minimum Gasteiger partial charge on any atom is -0.469 e. The summed E-state index contributed by atoms with van der Waals surface area (Å²) in [5, 5.41) is 0.498. The lowest BCUT2D eigenvalue weighted by molar-refractivity contribution is -0.146. The maximum atomic E-state index is 13.2. The van der Waals surface area contributed by atoms with Crippen molar-refractivity contribution in [3.05, 3.63) is 58.1 Å². The second kappa shape index (κ2) is 9.46. The molecule has 1 amide bonds. The fraction of sp³-hybridized carbons (Fsp3) is 0.333. The Bertz CT molecular complexity index is 1080. The molecule has 1 aliphatic rings. The number of methoxy groups -OCH3 is 1. The molecule has 7 nitrogen and oxygen atoms in total. The predicted octanol–water partition coefficient (Wildman–Crippen LogP) is 3.84. The largest absolute Gasteiger partial charge is 0.469 e. The van der Waals surface area contributed by atoms with Crippen LogP contribution < -0.4 is 4.31 Å². The van der Waals surface area contributed by atoms with E-state index in [1.807, 2.05) is 0 Å². The van der Waals surface area contributed by atoms with Crippen LogP contribution in [0.2, 0.25) is 10.0 Å². The first kappa shape index (κ1) is 23.4. The molecule has 0 unspecified atom stereocenters. The Morgan fingerprint density at radius 2 is 1.68 bits per heavy atom. The number of benzene rings is 2. The molecule has 1 aliphatic heterocycles. The fourth-order valence-electron chi connectivity index (χ4n) is 3.44. The summed E-state index contributed by atoms with van der Waals surface area (Å²) in [5.41, 5.74) is 0.617. The zero-order chi connectivity index (χ0) is 22.8. The SMILES string of the molecule is COC(=O)C1CCN(C(=O)c2ccc(Cl)c(S(=O)(=O)N(C)c3ccc(Cl)cc3)c2)CC1. The molecule has 166 valence electrons. The number of halogens is 2. The maximum absolute atomic E-state index is 13.2. The quantitative estimate of drug-likeness (QED) is 0.601. The molecule has 1 saturated heterocycles. The average molecular weight is 485 g/mol. The number of likely N-dealkylation sites (tertiary alicyclic amines) is 1. The molecule has 0 bridgehead atoms. The van der Waals surface area contributed by atoms with Gasteiger partial charge in [-0.1, -0.05) is 23.2 Å². The van der Waals surface area contributed by atoms with Crippen molar-refractivity contribution >= 4 is 50.8 Å². The summed E-state index contributed by atoms with van der Waals surface area (Å²) in [6, 6.07) is 10.5. The Kier molecular flexibility index (Phi) is 7.13. The lowest BCUT2D eigenvalue weighted by Crippen LogP contribution is -2.40. The van der Waals surface area contributed by atoms with E-state index in [0.717, 1.165) is 4.31 Å². The van der Waals surface area contributed by atoms with E-state index in [0.29, 0.717) is 36.6 Å². The Morgan fingerprint density at radius 1 is 1.06 bits per heavy atom. The van der Waals surface area contributed by atoms with E-state index >= 15 is 0 Å². The zero-order valence-electron chi connectivity index (χ0n) is 17.0. The summed E-state index contributed by atoms with van der Waals surface area (Å²) in [5.74, 6) is -0.828. The van der Waals surface area contributed by atoms with E-state index in [1.165, 1.54) is 32.4 Å². The highest BCUT2D eigenvalue weighted by Crippen LogP contribution is 2.30. The third-order valence-electron chi connectivity index (χ3n) is 5.32. The summed E-state index contributed by atoms with van der Waals surface area (Å²) in [4.78, 5) is 26.1. The molecular weight excluding hydrogens is 463 g/mol. The van der Waals surface area contributed by atoms with Gasteiger partial charge in [-0.25, -0.2) is 8.42 Å². The van der Waals surface area contributed by atoms with E-state index in [9.17, 15) is 18.0 Å². The molecule has 3 rings (SSSR count). The molecule has 1 fully saturated rings. The first-order chi connectivity index (χ1) is 14.6. The molecule has 1 heterocycles. The molecule has 10 heteroatoms. The number of rotatable bonds is 5. The van der Waals surface area contributed by atoms with E-state index in [-0.39, 0.29) is 33.3 Å². The molecule has 2 aromatic carbocycles. The number of carbonyl (C=O) groups excluding carboxylic acids is 2. The fourth-order valence-corrected chi connectivity index (χ4v) is 5.26. The average Bonchev–Trinajstić information content (AvgIpc) is 2.78. The van der Waals surface area contributed by atoms with Crippen molar-refractivity contribution in [3.8, 4) is 0 Å². The van der Waals surface area contributed by atoms with Crippen molar-refractivity contribution in [1.82, 2.24) is 4.90 Å². The number of esters is 1. The Morgan fingerprint density at radius 3 is 2.26 bits per heavy atom. The molecule has 0 aliphatic carbocycles. The molecule has 0 atom stereocenters. The third-order valence-corrected chi connectivity index (χ3v) is 7.84. The van der Waals surface area contributed by atoms with Gasteiger partial charge in [-0.15, -0.1) is 0 Å². The van der Waals surface area contributed by atoms with Gasteiger partial charge in [0.25, 0.3) is 15.9 Å². The molecule has 0 saturated carbocycles. The smallest absolute Gasteiger partial charge is 0.308 e. The van der Waals surface area contributed by atoms with Crippen LogP contribution in [0.4, 0.5) is 5.69 Å². The topological polar surface area (TPSA) is 84.0 Å². The molecule has 0 spiro atoms. The van der Waals surface area contributed by atoms with Crippen LogP contribution in [0, 0.1) is 5.92 Å². The van der Waals surface area contributed by atoms with Gasteiger partial charge in [0.1, 0.15) is 4.90 Å². The maximum Gasteiger partial charge on any atom is 0.308 e. The van der Waals surface area contributed by atoms with Crippen LogP contribution in [0.15, 0.2) is 47.4 Å². The number of anilines is 1. The molecule has 0 aromatic heterocycles. The minimum atomic E-state index is -4.02. The lowest BCUT2D eigenvalue weighted by Gasteiger charge is -2.31. The molecule has 0 radical (unpaired) electrons. The van der Waals surface area contributed by atoms with Crippen LogP contribution in [0.25, 0.3) is 0 Å². The van der Waals surface area contributed by atoms with Crippen molar-refractivity contribution in [3.63, 3.8) is 0 Å². The second-order valence-electron chi connectivity index (χ2n) is 7.18. The van der Waals surface area contributed by atoms with Gasteiger partial charge in [-0.3, -0.25) is 13.9 Å². The van der Waals surface area contributed by atoms with Gasteiger partial charge in [0.2, 0.25) is 0 Å². The monoisotopic (exact) mass is 484 g/mol. The van der Waals surface area contributed by atoms with Crippen LogP contribution in [-0.2, 0) is 19.6 Å². The number of nitrogens with zero attached hydrogens (tertiary/aromatic N) is 2. The third kappa shape index (κ3) is 4.97. The number of hydrogen-bond donors (Lipinski definition) is 0. The first-order valence-corrected chi connectivity index (χ1v) is 11.8. The number of piperidine rings is 1. The highest BCUT2D eigenvalue weighted by atomic mass is 35.5. The number of sulfonamides is 1. The Hall–Kier alpha value is -2.29. The second-order valence-corrected chi connectivity index (χ2v) is 9.97. The molecular formula is C21H22Cl2N2O5S. The molecule has 2 aromatic rings. The van der Waals surface area contributed by atoms with E-state index < -0.39 is 10.0 Å². The van der Waals surface area contributed by atoms with Gasteiger partial charge in [0, 0.05) is 30.7 Å². The van der Waals surface area contributed by atoms with E-state index in [2.05, 4.69) is 0 Å². The van der Waals surface area contributed by atoms with Gasteiger partial charge in [0.15, 0.2) is 0 Å². The Labute approximate surface area is 191 Å². The highest BCUT2D eigenvalue weighted by molar-refractivity contribution is 7.93. The highest BCUT2D eigenvalue weighted by Gasteiger charge is 2.30. The van der Waals surface area contributed by atoms with Crippen molar-refractivity contribution in [2.75, 3.05) is 31.6 Å². The summed E-state index contributed by atoms with van der Waals surface area (Å²) in [6.07, 6.45) is 0.993. The standard InChI is InChI=1S/C21H22Cl2N2O5S/c1-24(17-6-4-16(22)5-7-17)31(28,29)19-13-15(3-8-18(19)23)20(26)25-11-9-14(10-12-25)21(27)30-2/h3-8,13-14H,9-12H2,1-2H3. The van der Waals surface area contributed by atoms with Gasteiger partial charge in [-0.05, 0) is 55.3 Å². The number of hydrogen-bond acceptors (Lipinski definition) is 5. The van der Waals surface area contributed by atoms with Gasteiger partial charge in [-0.2, -0.15) is 0 Å². The zero-order valence-corrected chi connectivity index (χ0v) is 19.4. The van der Waals surface area contributed by atoms with Crippen molar-refractivity contribution in [2.45, 2.75) is 17.7 Å². The summed E-state index contributed by atoms with van der Waals surface area (Å²) < 4.78 is 32.2. The van der Waals surface area contributed by atoms with Crippen LogP contribution in [-0.4, -0.2) is 52.4 Å². The lowest BCUT2D eigenvalue weighted by atomic mass is 9.96.